The van der Waals surface area contributed by atoms with Gasteiger partial charge in [-0.05, 0) is 36.9 Å². The number of fused-ring (bicyclic) bond motifs is 1. The van der Waals surface area contributed by atoms with Crippen LogP contribution in [0.4, 0.5) is 5.95 Å². The number of rotatable bonds is 5. The Kier molecular flexibility index (Phi) is 3.84. The number of aromatic nitrogens is 2. The number of nitrogens with two attached hydrogens (primary N) is 1. The van der Waals surface area contributed by atoms with Crippen LogP contribution in [-0.2, 0) is 0 Å². The Morgan fingerprint density at radius 3 is 2.90 bits per heavy atom. The van der Waals surface area contributed by atoms with Crippen LogP contribution in [0, 0.1) is 0 Å². The minimum atomic E-state index is 0.163. The molecule has 0 spiro atoms. The van der Waals surface area contributed by atoms with Crippen molar-refractivity contribution in [3.8, 4) is 5.75 Å². The third-order valence-corrected chi connectivity index (χ3v) is 4.56. The Morgan fingerprint density at radius 2 is 2.19 bits per heavy atom. The summed E-state index contributed by atoms with van der Waals surface area (Å²) in [5, 5.41) is 2.08. The third-order valence-electron chi connectivity index (χ3n) is 3.51. The first-order chi connectivity index (χ1) is 10.2. The molecule has 0 saturated carbocycles. The lowest BCUT2D eigenvalue weighted by Crippen LogP contribution is -2.08. The van der Waals surface area contributed by atoms with E-state index in [1.54, 1.807) is 11.3 Å². The average Bonchev–Trinajstić information content (AvgIpc) is 3.11. The first kappa shape index (κ1) is 13.9. The second kappa shape index (κ2) is 5.77. The van der Waals surface area contributed by atoms with Gasteiger partial charge in [0.2, 0.25) is 5.95 Å². The molecule has 1 aromatic carbocycles. The van der Waals surface area contributed by atoms with Crippen LogP contribution in [0.5, 0.6) is 5.75 Å². The van der Waals surface area contributed by atoms with Crippen molar-refractivity contribution in [1.29, 1.82) is 0 Å². The lowest BCUT2D eigenvalue weighted by Gasteiger charge is -2.14. The summed E-state index contributed by atoms with van der Waals surface area (Å²) in [6.45, 7) is 4.92. The second-order valence-corrected chi connectivity index (χ2v) is 5.98. The van der Waals surface area contributed by atoms with Gasteiger partial charge in [0.1, 0.15) is 11.3 Å². The normalized spacial score (nSPS) is 12.7. The monoisotopic (exact) mass is 301 g/mol. The first-order valence-corrected chi connectivity index (χ1v) is 8.03. The predicted octanol–water partition coefficient (Wildman–Crippen LogP) is 4.08. The summed E-state index contributed by atoms with van der Waals surface area (Å²) in [4.78, 5) is 5.78. The van der Waals surface area contributed by atoms with E-state index in [2.05, 4.69) is 40.9 Å². The van der Waals surface area contributed by atoms with E-state index in [9.17, 15) is 0 Å². The smallest absolute Gasteiger partial charge is 0.201 e. The van der Waals surface area contributed by atoms with Crippen LogP contribution in [0.25, 0.3) is 11.0 Å². The van der Waals surface area contributed by atoms with Gasteiger partial charge in [-0.2, -0.15) is 0 Å². The van der Waals surface area contributed by atoms with Gasteiger partial charge >= 0.3 is 0 Å². The Labute approximate surface area is 128 Å². The molecule has 0 bridgehead atoms. The molecule has 0 amide bonds. The molecule has 0 saturated heterocycles. The van der Waals surface area contributed by atoms with Crippen molar-refractivity contribution < 1.29 is 4.74 Å². The summed E-state index contributed by atoms with van der Waals surface area (Å²) < 4.78 is 7.85. The molecule has 0 fully saturated rings. The van der Waals surface area contributed by atoms with Gasteiger partial charge in [-0.15, -0.1) is 11.3 Å². The van der Waals surface area contributed by atoms with E-state index in [4.69, 9.17) is 10.5 Å². The summed E-state index contributed by atoms with van der Waals surface area (Å²) in [5.41, 5.74) is 8.01. The van der Waals surface area contributed by atoms with E-state index in [1.807, 2.05) is 18.2 Å². The highest BCUT2D eigenvalue weighted by molar-refractivity contribution is 7.10. The molecule has 0 aliphatic rings. The summed E-state index contributed by atoms with van der Waals surface area (Å²) in [5.74, 6) is 1.33. The zero-order valence-electron chi connectivity index (χ0n) is 12.2. The van der Waals surface area contributed by atoms with Gasteiger partial charge in [-0.3, -0.25) is 0 Å². The molecule has 0 aliphatic carbocycles. The van der Waals surface area contributed by atoms with Gasteiger partial charge in [0.15, 0.2) is 0 Å². The summed E-state index contributed by atoms with van der Waals surface area (Å²) in [7, 11) is 0. The van der Waals surface area contributed by atoms with E-state index in [1.165, 1.54) is 4.88 Å². The van der Waals surface area contributed by atoms with Crippen LogP contribution in [0.15, 0.2) is 35.7 Å². The number of nitrogen functional groups attached to an aromatic ring is 1. The van der Waals surface area contributed by atoms with Gasteiger partial charge in [0.25, 0.3) is 0 Å². The highest BCUT2D eigenvalue weighted by Crippen LogP contribution is 2.33. The number of thiophene rings is 1. The Hall–Kier alpha value is -2.01. The average molecular weight is 301 g/mol. The molecule has 1 atom stereocenters. The van der Waals surface area contributed by atoms with E-state index < -0.39 is 0 Å². The highest BCUT2D eigenvalue weighted by atomic mass is 32.1. The Morgan fingerprint density at radius 1 is 1.33 bits per heavy atom. The van der Waals surface area contributed by atoms with E-state index in [0.29, 0.717) is 12.6 Å². The fourth-order valence-corrected chi connectivity index (χ4v) is 3.27. The maximum Gasteiger partial charge on any atom is 0.201 e. The van der Waals surface area contributed by atoms with Gasteiger partial charge in [0, 0.05) is 4.88 Å². The lowest BCUT2D eigenvalue weighted by molar-refractivity contribution is 0.320. The zero-order chi connectivity index (χ0) is 14.8. The number of hydrogen-bond acceptors (Lipinski definition) is 4. The van der Waals surface area contributed by atoms with Crippen LogP contribution >= 0.6 is 11.3 Å². The highest BCUT2D eigenvalue weighted by Gasteiger charge is 2.18. The van der Waals surface area contributed by atoms with Gasteiger partial charge in [0.05, 0.1) is 18.2 Å². The lowest BCUT2D eigenvalue weighted by atomic mass is 10.2. The Balaban J connectivity index is 2.09. The molecule has 4 nitrogen and oxygen atoms in total. The maximum absolute atomic E-state index is 6.16. The first-order valence-electron chi connectivity index (χ1n) is 7.15. The minimum absolute atomic E-state index is 0.163. The summed E-state index contributed by atoms with van der Waals surface area (Å²) >= 11 is 1.73. The molecule has 110 valence electrons. The van der Waals surface area contributed by atoms with Crippen molar-refractivity contribution in [2.75, 3.05) is 12.3 Å². The minimum Gasteiger partial charge on any atom is -0.491 e. The van der Waals surface area contributed by atoms with E-state index in [0.717, 1.165) is 23.2 Å². The Bertz CT molecular complexity index is 733. The van der Waals surface area contributed by atoms with Gasteiger partial charge in [-0.1, -0.05) is 19.1 Å². The molecule has 2 aromatic heterocycles. The SMILES string of the molecule is CCCOc1cccc2c1nc(N)n2C(C)c1cccs1. The van der Waals surface area contributed by atoms with Crippen LogP contribution in [0.1, 0.15) is 31.2 Å². The molecular formula is C16H19N3OS. The molecule has 0 aliphatic heterocycles. The van der Waals surface area contributed by atoms with Crippen LogP contribution in [-0.4, -0.2) is 16.2 Å². The molecule has 3 rings (SSSR count). The maximum atomic E-state index is 6.16. The van der Waals surface area contributed by atoms with Crippen LogP contribution < -0.4 is 10.5 Å². The molecule has 3 aromatic rings. The van der Waals surface area contributed by atoms with E-state index >= 15 is 0 Å². The number of anilines is 1. The van der Waals surface area contributed by atoms with Crippen molar-refractivity contribution >= 4 is 28.3 Å². The number of nitrogens with zero attached hydrogens (tertiary/aromatic N) is 2. The summed E-state index contributed by atoms with van der Waals surface area (Å²) in [6, 6.07) is 10.3. The number of benzene rings is 1. The fourth-order valence-electron chi connectivity index (χ4n) is 2.50. The number of hydrogen-bond donors (Lipinski definition) is 1. The van der Waals surface area contributed by atoms with Crippen molar-refractivity contribution in [3.05, 3.63) is 40.6 Å². The zero-order valence-corrected chi connectivity index (χ0v) is 13.1. The molecule has 1 unspecified atom stereocenters. The molecule has 21 heavy (non-hydrogen) atoms. The van der Waals surface area contributed by atoms with Crippen molar-refractivity contribution in [2.24, 2.45) is 0 Å². The fraction of sp³-hybridized carbons (Fsp3) is 0.312. The third kappa shape index (κ3) is 2.49. The standard InChI is InChI=1S/C16H19N3OS/c1-3-9-20-13-7-4-6-12-15(13)18-16(17)19(12)11(2)14-8-5-10-21-14/h4-8,10-11H,3,9H2,1-2H3,(H2,17,18). The van der Waals surface area contributed by atoms with Gasteiger partial charge in [-0.25, -0.2) is 4.98 Å². The number of ether oxygens (including phenoxy) is 1. The molecule has 0 radical (unpaired) electrons. The molecular weight excluding hydrogens is 282 g/mol. The van der Waals surface area contributed by atoms with Gasteiger partial charge < -0.3 is 15.0 Å². The predicted molar refractivity (Wildman–Crippen MR) is 88.1 cm³/mol. The summed E-state index contributed by atoms with van der Waals surface area (Å²) in [6.07, 6.45) is 0.970. The van der Waals surface area contributed by atoms with E-state index in [-0.39, 0.29) is 6.04 Å². The van der Waals surface area contributed by atoms with Crippen molar-refractivity contribution in [3.63, 3.8) is 0 Å². The van der Waals surface area contributed by atoms with Crippen molar-refractivity contribution in [2.45, 2.75) is 26.3 Å². The van der Waals surface area contributed by atoms with Crippen LogP contribution in [0.2, 0.25) is 0 Å². The molecule has 2 N–H and O–H groups in total. The largest absolute Gasteiger partial charge is 0.491 e. The number of imidazole rings is 1. The molecule has 5 heteroatoms. The quantitative estimate of drug-likeness (QED) is 0.772. The van der Waals surface area contributed by atoms with Crippen molar-refractivity contribution in [1.82, 2.24) is 9.55 Å². The topological polar surface area (TPSA) is 53.1 Å². The van der Waals surface area contributed by atoms with Crippen LogP contribution in [0.3, 0.4) is 0 Å². The second-order valence-electron chi connectivity index (χ2n) is 5.00. The molecule has 2 heterocycles. The number of para-hydroxylation sites is 1.